The first-order valence-corrected chi connectivity index (χ1v) is 7.60. The second kappa shape index (κ2) is 3.99. The minimum Gasteiger partial charge on any atom is -0.289 e. The Bertz CT molecular complexity index is 1060. The van der Waals surface area contributed by atoms with E-state index < -0.39 is 0 Å². The molecule has 0 aromatic heterocycles. The van der Waals surface area contributed by atoms with Crippen molar-refractivity contribution in [2.24, 2.45) is 0 Å². The Balaban J connectivity index is 2.45. The molecule has 0 aliphatic heterocycles. The summed E-state index contributed by atoms with van der Waals surface area (Å²) < 4.78 is 1.68. The van der Waals surface area contributed by atoms with Gasteiger partial charge in [-0.3, -0.25) is 9.59 Å². The molecule has 2 aliphatic rings. The monoisotopic (exact) mass is 388 g/mol. The van der Waals surface area contributed by atoms with Crippen LogP contribution in [0, 0.1) is 10.4 Å². The fourth-order valence-corrected chi connectivity index (χ4v) is 3.58. The topological polar surface area (TPSA) is 34.1 Å². The van der Waals surface area contributed by atoms with Gasteiger partial charge in [0.25, 0.3) is 0 Å². The number of benzene rings is 2. The number of hydrogen-bond donors (Lipinski definition) is 0. The van der Waals surface area contributed by atoms with Crippen molar-refractivity contribution in [1.82, 2.24) is 0 Å². The molecule has 0 amide bonds. The van der Waals surface area contributed by atoms with Crippen LogP contribution >= 0.6 is 31.9 Å². The van der Waals surface area contributed by atoms with Gasteiger partial charge < -0.3 is 0 Å². The van der Waals surface area contributed by atoms with Gasteiger partial charge >= 0.3 is 0 Å². The van der Waals surface area contributed by atoms with Crippen molar-refractivity contribution in [2.75, 3.05) is 0 Å². The lowest BCUT2D eigenvalue weighted by atomic mass is 10.1. The van der Waals surface area contributed by atoms with Gasteiger partial charge in [0.1, 0.15) is 0 Å². The molecule has 96 valence electrons. The number of hydrogen-bond acceptors (Lipinski definition) is 2. The smallest absolute Gasteiger partial charge is 0.195 e. The minimum absolute atomic E-state index is 0.0641. The molecule has 4 heteroatoms. The van der Waals surface area contributed by atoms with E-state index in [1.165, 1.54) is 0 Å². The standard InChI is InChI=1S/C16H6Br2O2/c17-7-1-3-9-11(5-7)15(19)14-10-4-2-8(18)6-12(10)16(20)13(9)14/h1-6H. The van der Waals surface area contributed by atoms with Crippen LogP contribution in [-0.4, -0.2) is 0 Å². The SMILES string of the molecule is O=c1c2c3ccc(Br)cc3c(=O)c=2c2ccc(Br)cc12. The minimum atomic E-state index is -0.0641. The summed E-state index contributed by atoms with van der Waals surface area (Å²) in [6.45, 7) is 0. The van der Waals surface area contributed by atoms with E-state index in [9.17, 15) is 9.59 Å². The van der Waals surface area contributed by atoms with Gasteiger partial charge in [-0.25, -0.2) is 0 Å². The molecule has 0 atom stereocenters. The number of rotatable bonds is 0. The third-order valence-corrected chi connectivity index (χ3v) is 4.68. The molecule has 0 heterocycles. The van der Waals surface area contributed by atoms with Gasteiger partial charge in [-0.1, -0.05) is 44.0 Å². The second-order valence-electron chi connectivity index (χ2n) is 4.79. The zero-order valence-corrected chi connectivity index (χ0v) is 13.2. The van der Waals surface area contributed by atoms with E-state index >= 15 is 0 Å². The second-order valence-corrected chi connectivity index (χ2v) is 6.62. The highest BCUT2D eigenvalue weighted by Crippen LogP contribution is 2.24. The summed E-state index contributed by atoms with van der Waals surface area (Å²) in [6.07, 6.45) is 0. The Hall–Kier alpha value is -1.52. The van der Waals surface area contributed by atoms with Crippen molar-refractivity contribution < 1.29 is 0 Å². The Morgan fingerprint density at radius 1 is 0.600 bits per heavy atom. The Morgan fingerprint density at radius 3 is 1.40 bits per heavy atom. The van der Waals surface area contributed by atoms with Crippen LogP contribution in [-0.2, 0) is 0 Å². The zero-order valence-electron chi connectivity index (χ0n) is 10.0. The van der Waals surface area contributed by atoms with Crippen LogP contribution in [0.3, 0.4) is 0 Å². The predicted molar refractivity (Wildman–Crippen MR) is 87.1 cm³/mol. The van der Waals surface area contributed by atoms with Crippen molar-refractivity contribution in [2.45, 2.75) is 0 Å². The molecule has 0 fully saturated rings. The average molecular weight is 390 g/mol. The van der Waals surface area contributed by atoms with Crippen LogP contribution < -0.4 is 10.9 Å². The van der Waals surface area contributed by atoms with Gasteiger partial charge in [-0.05, 0) is 35.0 Å². The molecule has 0 saturated carbocycles. The van der Waals surface area contributed by atoms with E-state index in [1.54, 1.807) is 12.1 Å². The van der Waals surface area contributed by atoms with Crippen LogP contribution in [0.1, 0.15) is 0 Å². The van der Waals surface area contributed by atoms with Crippen LogP contribution in [0.2, 0.25) is 0 Å². The number of halogens is 2. The molecule has 20 heavy (non-hydrogen) atoms. The van der Waals surface area contributed by atoms with Crippen molar-refractivity contribution in [1.29, 1.82) is 0 Å². The van der Waals surface area contributed by atoms with Crippen LogP contribution in [0.25, 0.3) is 21.5 Å². The Morgan fingerprint density at radius 2 is 1.00 bits per heavy atom. The molecule has 0 spiro atoms. The van der Waals surface area contributed by atoms with E-state index in [0.717, 1.165) is 19.7 Å². The Labute approximate surface area is 129 Å². The van der Waals surface area contributed by atoms with Gasteiger partial charge in [0.15, 0.2) is 10.9 Å². The van der Waals surface area contributed by atoms with E-state index in [4.69, 9.17) is 0 Å². The maximum Gasteiger partial charge on any atom is 0.195 e. The fraction of sp³-hybridized carbons (Fsp3) is 0. The Kier molecular flexibility index (Phi) is 2.44. The first-order chi connectivity index (χ1) is 9.58. The summed E-state index contributed by atoms with van der Waals surface area (Å²) in [5.41, 5.74) is -0.128. The van der Waals surface area contributed by atoms with Crippen LogP contribution in [0.15, 0.2) is 54.9 Å². The highest BCUT2D eigenvalue weighted by atomic mass is 79.9. The number of fused-ring (bicyclic) bond motifs is 4. The van der Waals surface area contributed by atoms with Gasteiger partial charge in [0, 0.05) is 30.2 Å². The van der Waals surface area contributed by atoms with Crippen molar-refractivity contribution in [3.63, 3.8) is 0 Å². The molecule has 0 radical (unpaired) electrons. The molecule has 0 N–H and O–H groups in total. The lowest BCUT2D eigenvalue weighted by Crippen LogP contribution is -1.96. The van der Waals surface area contributed by atoms with Gasteiger partial charge in [0.2, 0.25) is 0 Å². The summed E-state index contributed by atoms with van der Waals surface area (Å²) in [5, 5.41) is 3.78. The molecule has 2 aromatic carbocycles. The van der Waals surface area contributed by atoms with Gasteiger partial charge in [-0.15, -0.1) is 0 Å². The summed E-state index contributed by atoms with van der Waals surface area (Å²) in [6, 6.07) is 10.9. The molecule has 2 nitrogen and oxygen atoms in total. The quantitative estimate of drug-likeness (QED) is 0.458. The van der Waals surface area contributed by atoms with Crippen LogP contribution in [0.4, 0.5) is 0 Å². The lowest BCUT2D eigenvalue weighted by molar-refractivity contribution is 1.62. The molecule has 2 aliphatic carbocycles. The van der Waals surface area contributed by atoms with Gasteiger partial charge in [0.05, 0.1) is 0 Å². The summed E-state index contributed by atoms with van der Waals surface area (Å²) in [4.78, 5) is 25.2. The summed E-state index contributed by atoms with van der Waals surface area (Å²) >= 11 is 6.73. The molecule has 4 rings (SSSR count). The van der Waals surface area contributed by atoms with Crippen LogP contribution in [0.5, 0.6) is 0 Å². The van der Waals surface area contributed by atoms with Crippen molar-refractivity contribution >= 4 is 53.4 Å². The largest absolute Gasteiger partial charge is 0.289 e. The molecule has 0 unspecified atom stereocenters. The average Bonchev–Trinajstić information content (AvgIpc) is 2.86. The first kappa shape index (κ1) is 12.2. The molecule has 0 saturated heterocycles. The van der Waals surface area contributed by atoms with E-state index in [-0.39, 0.29) is 10.9 Å². The third-order valence-electron chi connectivity index (χ3n) is 3.70. The zero-order chi connectivity index (χ0) is 14.0. The highest BCUT2D eigenvalue weighted by molar-refractivity contribution is 9.10. The summed E-state index contributed by atoms with van der Waals surface area (Å²) in [5.74, 6) is 0. The molecule has 0 bridgehead atoms. The normalized spacial score (nSPS) is 11.9. The van der Waals surface area contributed by atoms with Crippen molar-refractivity contribution in [3.05, 3.63) is 76.2 Å². The molecular formula is C16H6Br2O2. The predicted octanol–water partition coefficient (Wildman–Crippen LogP) is 3.84. The van der Waals surface area contributed by atoms with E-state index in [2.05, 4.69) is 31.9 Å². The third kappa shape index (κ3) is 1.43. The highest BCUT2D eigenvalue weighted by Gasteiger charge is 2.16. The summed E-state index contributed by atoms with van der Waals surface area (Å²) in [7, 11) is 0. The van der Waals surface area contributed by atoms with Crippen molar-refractivity contribution in [3.8, 4) is 0 Å². The molecular weight excluding hydrogens is 384 g/mol. The fourth-order valence-electron chi connectivity index (χ4n) is 2.86. The maximum atomic E-state index is 12.6. The maximum absolute atomic E-state index is 12.6. The lowest BCUT2D eigenvalue weighted by Gasteiger charge is -1.92. The van der Waals surface area contributed by atoms with E-state index in [0.29, 0.717) is 21.2 Å². The van der Waals surface area contributed by atoms with Gasteiger partial charge in [-0.2, -0.15) is 0 Å². The first-order valence-electron chi connectivity index (χ1n) is 6.01. The van der Waals surface area contributed by atoms with E-state index in [1.807, 2.05) is 24.3 Å². The molecule has 2 aromatic rings.